The van der Waals surface area contributed by atoms with Crippen LogP contribution in [0.2, 0.25) is 5.02 Å². The number of nitrogens with one attached hydrogen (secondary N) is 1. The zero-order valence-electron chi connectivity index (χ0n) is 17.8. The van der Waals surface area contributed by atoms with Gasteiger partial charge in [-0.25, -0.2) is 18.9 Å². The minimum atomic E-state index is -2.83. The molecule has 0 aliphatic carbocycles. The average Bonchev–Trinajstić information content (AvgIpc) is 3.62. The molecule has 0 saturated carbocycles. The summed E-state index contributed by atoms with van der Waals surface area (Å²) in [5.74, 6) is -0.0928. The fourth-order valence-corrected chi connectivity index (χ4v) is 5.47. The van der Waals surface area contributed by atoms with Gasteiger partial charge < -0.3 is 15.0 Å². The van der Waals surface area contributed by atoms with Gasteiger partial charge in [-0.3, -0.25) is 4.99 Å². The highest BCUT2D eigenvalue weighted by molar-refractivity contribution is 7.11. The van der Waals surface area contributed by atoms with Gasteiger partial charge >= 0.3 is 12.6 Å². The number of benzene rings is 1. The van der Waals surface area contributed by atoms with Crippen LogP contribution in [0.25, 0.3) is 5.57 Å². The predicted octanol–water partition coefficient (Wildman–Crippen LogP) is 4.62. The van der Waals surface area contributed by atoms with Crippen molar-refractivity contribution >= 4 is 40.4 Å². The lowest BCUT2D eigenvalue weighted by Crippen LogP contribution is -2.46. The van der Waals surface area contributed by atoms with Gasteiger partial charge in [-0.1, -0.05) is 17.7 Å². The van der Waals surface area contributed by atoms with E-state index in [9.17, 15) is 18.0 Å². The Bertz CT molecular complexity index is 1390. The average molecular weight is 521 g/mol. The van der Waals surface area contributed by atoms with Crippen molar-refractivity contribution in [1.29, 1.82) is 0 Å². The lowest BCUT2D eigenvalue weighted by atomic mass is 9.90. The standard InChI is InChI=1S/C22H16ClF3N6O2S/c23-12-2-1-11(7-13(12)24)17-16(14-3-5-32(30-14)20(25)26)15-8-22(10-34-21(33)29-22)9-31(15)18(28-17)19-27-4-6-35-19/h1-7,17,20H,8-10H2,(H,29,33)/t17-,22+/m0/s1. The number of carbonyl (C=O) groups excluding carboxylic acids is 1. The van der Waals surface area contributed by atoms with E-state index in [4.69, 9.17) is 21.3 Å². The lowest BCUT2D eigenvalue weighted by molar-refractivity contribution is 0.0564. The number of nitrogens with zero attached hydrogens (tertiary/aromatic N) is 5. The molecular weight excluding hydrogens is 505 g/mol. The van der Waals surface area contributed by atoms with Crippen molar-refractivity contribution in [3.63, 3.8) is 0 Å². The number of amides is 1. The molecular formula is C22H16ClF3N6O2S. The van der Waals surface area contributed by atoms with E-state index in [0.717, 1.165) is 5.70 Å². The van der Waals surface area contributed by atoms with Gasteiger partial charge in [-0.2, -0.15) is 13.9 Å². The third kappa shape index (κ3) is 3.67. The molecule has 0 radical (unpaired) electrons. The van der Waals surface area contributed by atoms with Crippen LogP contribution in [0.1, 0.15) is 35.3 Å². The van der Waals surface area contributed by atoms with Gasteiger partial charge in [-0.15, -0.1) is 11.3 Å². The van der Waals surface area contributed by atoms with Crippen molar-refractivity contribution < 1.29 is 22.7 Å². The van der Waals surface area contributed by atoms with Gasteiger partial charge in [0.15, 0.2) is 10.8 Å². The Hall–Kier alpha value is -3.38. The first-order chi connectivity index (χ1) is 16.8. The van der Waals surface area contributed by atoms with Crippen LogP contribution in [-0.4, -0.2) is 50.3 Å². The van der Waals surface area contributed by atoms with Crippen molar-refractivity contribution in [3.05, 3.63) is 74.8 Å². The number of cyclic esters (lactones) is 1. The van der Waals surface area contributed by atoms with Gasteiger partial charge in [0.1, 0.15) is 24.0 Å². The van der Waals surface area contributed by atoms with Crippen molar-refractivity contribution in [2.45, 2.75) is 24.6 Å². The van der Waals surface area contributed by atoms with E-state index < -0.39 is 30.0 Å². The van der Waals surface area contributed by atoms with Gasteiger partial charge in [0, 0.05) is 35.5 Å². The molecule has 3 aliphatic heterocycles. The Morgan fingerprint density at radius 2 is 2.17 bits per heavy atom. The van der Waals surface area contributed by atoms with Crippen LogP contribution in [0.3, 0.4) is 0 Å². The number of hydrogen-bond acceptors (Lipinski definition) is 7. The Kier molecular flexibility index (Phi) is 5.11. The number of carbonyl (C=O) groups is 1. The summed E-state index contributed by atoms with van der Waals surface area (Å²) in [5, 5.41) is 9.37. The zero-order chi connectivity index (χ0) is 24.3. The first-order valence-electron chi connectivity index (χ1n) is 10.6. The topological polar surface area (TPSA) is 84.6 Å². The van der Waals surface area contributed by atoms with Crippen LogP contribution < -0.4 is 5.32 Å². The van der Waals surface area contributed by atoms with Gasteiger partial charge in [0.05, 0.1) is 17.3 Å². The SMILES string of the molecule is O=C1N[C@]2(CO1)CC1=C(c3ccn(C(F)F)n3)[C@H](c3ccc(Cl)c(F)c3)N=C(c3nccs3)N1C2. The number of thiazole rings is 1. The molecule has 2 aromatic heterocycles. The maximum atomic E-state index is 14.5. The molecule has 180 valence electrons. The van der Waals surface area contributed by atoms with E-state index in [-0.39, 0.29) is 17.3 Å². The molecule has 0 bridgehead atoms. The summed E-state index contributed by atoms with van der Waals surface area (Å²) in [4.78, 5) is 23.2. The summed E-state index contributed by atoms with van der Waals surface area (Å²) in [6, 6.07) is 5.05. The molecule has 3 aliphatic rings. The van der Waals surface area contributed by atoms with Gasteiger partial charge in [0.2, 0.25) is 0 Å². The molecule has 5 heterocycles. The van der Waals surface area contributed by atoms with E-state index >= 15 is 0 Å². The quantitative estimate of drug-likeness (QED) is 0.542. The summed E-state index contributed by atoms with van der Waals surface area (Å²) < 4.78 is 47.0. The minimum Gasteiger partial charge on any atom is -0.447 e. The second-order valence-electron chi connectivity index (χ2n) is 8.43. The van der Waals surface area contributed by atoms with Crippen LogP contribution in [0.4, 0.5) is 18.0 Å². The number of aromatic nitrogens is 3. The lowest BCUT2D eigenvalue weighted by Gasteiger charge is -2.32. The second-order valence-corrected chi connectivity index (χ2v) is 9.73. The number of aliphatic imine (C=N–C) groups is 1. The van der Waals surface area contributed by atoms with E-state index in [2.05, 4.69) is 15.4 Å². The monoisotopic (exact) mass is 520 g/mol. The number of hydrogen-bond donors (Lipinski definition) is 1. The first kappa shape index (κ1) is 22.1. The molecule has 2 atom stereocenters. The number of fused-ring (bicyclic) bond motifs is 1. The Morgan fingerprint density at radius 1 is 1.31 bits per heavy atom. The van der Waals surface area contributed by atoms with Crippen LogP contribution in [0, 0.1) is 5.82 Å². The third-order valence-corrected chi connectivity index (χ3v) is 7.27. The van der Waals surface area contributed by atoms with Crippen molar-refractivity contribution in [3.8, 4) is 0 Å². The van der Waals surface area contributed by atoms with Crippen molar-refractivity contribution in [2.75, 3.05) is 13.2 Å². The molecule has 35 heavy (non-hydrogen) atoms. The number of alkyl halides is 2. The fourth-order valence-electron chi connectivity index (χ4n) is 4.71. The van der Waals surface area contributed by atoms with E-state index in [1.165, 1.54) is 35.7 Å². The molecule has 8 nitrogen and oxygen atoms in total. The molecule has 6 rings (SSSR count). The molecule has 1 N–H and O–H groups in total. The highest BCUT2D eigenvalue weighted by Crippen LogP contribution is 2.47. The Balaban J connectivity index is 1.57. The molecule has 1 aromatic carbocycles. The maximum absolute atomic E-state index is 14.5. The number of halogens is 4. The minimum absolute atomic E-state index is 0.0443. The number of ether oxygens (including phenoxy) is 1. The summed E-state index contributed by atoms with van der Waals surface area (Å²) in [6.07, 6.45) is 2.64. The molecule has 2 fully saturated rings. The summed E-state index contributed by atoms with van der Waals surface area (Å²) in [7, 11) is 0. The Morgan fingerprint density at radius 3 is 2.83 bits per heavy atom. The summed E-state index contributed by atoms with van der Waals surface area (Å²) in [5.41, 5.74) is 1.26. The van der Waals surface area contributed by atoms with Crippen LogP contribution in [0.5, 0.6) is 0 Å². The predicted molar refractivity (Wildman–Crippen MR) is 122 cm³/mol. The molecule has 13 heteroatoms. The van der Waals surface area contributed by atoms with Crippen LogP contribution >= 0.6 is 22.9 Å². The maximum Gasteiger partial charge on any atom is 0.407 e. The normalized spacial score (nSPS) is 23.7. The molecule has 0 unspecified atom stereocenters. The second kappa shape index (κ2) is 8.09. The fraction of sp³-hybridized carbons (Fsp3) is 0.273. The Labute approximate surface area is 205 Å². The smallest absolute Gasteiger partial charge is 0.407 e. The summed E-state index contributed by atoms with van der Waals surface area (Å²) in [6.45, 7) is -2.35. The van der Waals surface area contributed by atoms with Crippen molar-refractivity contribution in [1.82, 2.24) is 25.0 Å². The molecule has 1 spiro atoms. The van der Waals surface area contributed by atoms with E-state index in [1.54, 1.807) is 12.3 Å². The number of amidine groups is 1. The van der Waals surface area contributed by atoms with Crippen LogP contribution in [-0.2, 0) is 4.74 Å². The van der Waals surface area contributed by atoms with Crippen molar-refractivity contribution in [2.24, 2.45) is 4.99 Å². The zero-order valence-corrected chi connectivity index (χ0v) is 19.4. The molecule has 1 amide bonds. The summed E-state index contributed by atoms with van der Waals surface area (Å²) >= 11 is 7.29. The van der Waals surface area contributed by atoms with Gasteiger partial charge in [0.25, 0.3) is 0 Å². The first-order valence-corrected chi connectivity index (χ1v) is 11.8. The number of rotatable bonds is 4. The molecule has 2 saturated heterocycles. The van der Waals surface area contributed by atoms with E-state index in [0.29, 0.717) is 39.6 Å². The van der Waals surface area contributed by atoms with Gasteiger partial charge in [-0.05, 0) is 23.8 Å². The molecule has 3 aromatic rings. The number of alkyl carbamates (subject to hydrolysis) is 1. The highest BCUT2D eigenvalue weighted by atomic mass is 35.5. The largest absolute Gasteiger partial charge is 0.447 e. The third-order valence-electron chi connectivity index (χ3n) is 6.20. The van der Waals surface area contributed by atoms with Crippen LogP contribution in [0.15, 0.2) is 52.7 Å². The van der Waals surface area contributed by atoms with E-state index in [1.807, 2.05) is 10.3 Å². The highest BCUT2D eigenvalue weighted by Gasteiger charge is 2.52.